The molecule has 1 heterocycles. The van der Waals surface area contributed by atoms with E-state index in [1.807, 2.05) is 13.0 Å². The molecular formula is C14H19N3O2S. The molecule has 0 atom stereocenters. The minimum Gasteiger partial charge on any atom is -0.317 e. The number of nitrogens with zero attached hydrogens (tertiary/aromatic N) is 2. The highest BCUT2D eigenvalue weighted by Crippen LogP contribution is 2.22. The van der Waals surface area contributed by atoms with Crippen LogP contribution in [-0.4, -0.2) is 38.4 Å². The molecule has 0 bridgehead atoms. The normalized spacial score (nSPS) is 17.1. The number of nitriles is 1. The van der Waals surface area contributed by atoms with Crippen LogP contribution < -0.4 is 5.32 Å². The van der Waals surface area contributed by atoms with E-state index in [1.165, 1.54) is 6.07 Å². The summed E-state index contributed by atoms with van der Waals surface area (Å²) in [6, 6.07) is 8.24. The number of sulfonamides is 1. The topological polar surface area (TPSA) is 73.2 Å². The van der Waals surface area contributed by atoms with E-state index >= 15 is 0 Å². The third-order valence-corrected chi connectivity index (χ3v) is 5.62. The molecule has 1 N–H and O–H groups in total. The Kier molecular flexibility index (Phi) is 4.76. The Morgan fingerprint density at radius 2 is 2.10 bits per heavy atom. The van der Waals surface area contributed by atoms with Crippen LogP contribution >= 0.6 is 0 Å². The number of nitrogens with one attached hydrogen (secondary N) is 1. The van der Waals surface area contributed by atoms with Crippen LogP contribution in [0.4, 0.5) is 0 Å². The molecule has 1 aliphatic rings. The van der Waals surface area contributed by atoms with E-state index in [2.05, 4.69) is 5.32 Å². The molecule has 2 rings (SSSR count). The maximum atomic E-state index is 12.7. The van der Waals surface area contributed by atoms with E-state index in [9.17, 15) is 8.42 Å². The molecular weight excluding hydrogens is 274 g/mol. The second kappa shape index (κ2) is 6.35. The molecule has 6 heteroatoms. The summed E-state index contributed by atoms with van der Waals surface area (Å²) >= 11 is 0. The van der Waals surface area contributed by atoms with Gasteiger partial charge < -0.3 is 5.32 Å². The van der Waals surface area contributed by atoms with Gasteiger partial charge in [0.2, 0.25) is 10.0 Å². The van der Waals surface area contributed by atoms with Gasteiger partial charge in [-0.15, -0.1) is 0 Å². The summed E-state index contributed by atoms with van der Waals surface area (Å²) in [5.74, 6) is 0. The lowest BCUT2D eigenvalue weighted by Crippen LogP contribution is -2.45. The van der Waals surface area contributed by atoms with E-state index in [1.54, 1.807) is 22.5 Å². The molecule has 1 aromatic rings. The van der Waals surface area contributed by atoms with Crippen LogP contribution in [0.15, 0.2) is 29.2 Å². The number of rotatable bonds is 4. The first-order valence-electron chi connectivity index (χ1n) is 6.82. The summed E-state index contributed by atoms with van der Waals surface area (Å²) < 4.78 is 27.0. The van der Waals surface area contributed by atoms with Crippen LogP contribution in [0.25, 0.3) is 0 Å². The summed E-state index contributed by atoms with van der Waals surface area (Å²) in [4.78, 5) is 0.205. The van der Waals surface area contributed by atoms with Gasteiger partial charge in [-0.05, 0) is 44.1 Å². The lowest BCUT2D eigenvalue weighted by molar-refractivity contribution is 0.271. The molecule has 0 saturated carbocycles. The van der Waals surface area contributed by atoms with Crippen molar-refractivity contribution in [1.82, 2.24) is 9.62 Å². The zero-order valence-electron chi connectivity index (χ0n) is 11.5. The minimum atomic E-state index is -3.53. The fraction of sp³-hybridized carbons (Fsp3) is 0.500. The van der Waals surface area contributed by atoms with Gasteiger partial charge in [0, 0.05) is 12.6 Å². The molecule has 0 aromatic heterocycles. The summed E-state index contributed by atoms with van der Waals surface area (Å²) in [5.41, 5.74) is 0.368. The Morgan fingerprint density at radius 3 is 2.70 bits per heavy atom. The first-order valence-corrected chi connectivity index (χ1v) is 8.26. The van der Waals surface area contributed by atoms with E-state index in [0.29, 0.717) is 12.1 Å². The zero-order chi connectivity index (χ0) is 14.6. The van der Waals surface area contributed by atoms with E-state index < -0.39 is 10.0 Å². The quantitative estimate of drug-likeness (QED) is 0.908. The van der Waals surface area contributed by atoms with Gasteiger partial charge in [0.1, 0.15) is 0 Å². The van der Waals surface area contributed by atoms with E-state index in [-0.39, 0.29) is 10.9 Å². The van der Waals surface area contributed by atoms with Crippen molar-refractivity contribution in [1.29, 1.82) is 5.26 Å². The number of hydrogen-bond donors (Lipinski definition) is 1. The molecule has 108 valence electrons. The lowest BCUT2D eigenvalue weighted by atomic mass is 10.1. The molecule has 1 aliphatic heterocycles. The van der Waals surface area contributed by atoms with Crippen molar-refractivity contribution in [3.63, 3.8) is 0 Å². The minimum absolute atomic E-state index is 0.0389. The van der Waals surface area contributed by atoms with Crippen LogP contribution in [0, 0.1) is 11.3 Å². The van der Waals surface area contributed by atoms with Gasteiger partial charge in [-0.3, -0.25) is 0 Å². The third kappa shape index (κ3) is 3.01. The van der Waals surface area contributed by atoms with Gasteiger partial charge in [0.15, 0.2) is 0 Å². The average molecular weight is 293 g/mol. The van der Waals surface area contributed by atoms with Crippen LogP contribution in [0.3, 0.4) is 0 Å². The van der Waals surface area contributed by atoms with Gasteiger partial charge in [-0.25, -0.2) is 8.42 Å². The molecule has 0 aliphatic carbocycles. The van der Waals surface area contributed by atoms with Gasteiger partial charge in [0.25, 0.3) is 0 Å². The van der Waals surface area contributed by atoms with Crippen LogP contribution in [0.1, 0.15) is 25.3 Å². The van der Waals surface area contributed by atoms with Crippen molar-refractivity contribution < 1.29 is 8.42 Å². The van der Waals surface area contributed by atoms with Gasteiger partial charge in [-0.1, -0.05) is 13.0 Å². The van der Waals surface area contributed by atoms with E-state index in [4.69, 9.17) is 5.26 Å². The fourth-order valence-corrected chi connectivity index (χ4v) is 4.32. The van der Waals surface area contributed by atoms with Crippen LogP contribution in [0.5, 0.6) is 0 Å². The van der Waals surface area contributed by atoms with E-state index in [0.717, 1.165) is 25.9 Å². The Labute approximate surface area is 120 Å². The summed E-state index contributed by atoms with van der Waals surface area (Å²) in [6.07, 6.45) is 1.65. The highest BCUT2D eigenvalue weighted by atomic mass is 32.2. The maximum Gasteiger partial charge on any atom is 0.243 e. The predicted molar refractivity (Wildman–Crippen MR) is 76.6 cm³/mol. The second-order valence-electron chi connectivity index (χ2n) is 4.83. The lowest BCUT2D eigenvalue weighted by Gasteiger charge is -2.33. The smallest absolute Gasteiger partial charge is 0.243 e. The molecule has 1 aromatic carbocycles. The zero-order valence-corrected chi connectivity index (χ0v) is 12.4. The molecule has 0 spiro atoms. The Morgan fingerprint density at radius 1 is 1.40 bits per heavy atom. The molecule has 0 radical (unpaired) electrons. The van der Waals surface area contributed by atoms with Crippen LogP contribution in [0.2, 0.25) is 0 Å². The molecule has 1 saturated heterocycles. The Balaban J connectivity index is 2.33. The molecule has 0 unspecified atom stereocenters. The Hall–Kier alpha value is -1.42. The summed E-state index contributed by atoms with van der Waals surface area (Å²) in [6.45, 7) is 3.99. The van der Waals surface area contributed by atoms with Crippen LogP contribution in [-0.2, 0) is 10.0 Å². The monoisotopic (exact) mass is 293 g/mol. The van der Waals surface area contributed by atoms with Gasteiger partial charge in [0.05, 0.1) is 16.5 Å². The first-order chi connectivity index (χ1) is 9.59. The fourth-order valence-electron chi connectivity index (χ4n) is 2.58. The summed E-state index contributed by atoms with van der Waals surface area (Å²) in [5, 5.41) is 12.1. The van der Waals surface area contributed by atoms with Crippen molar-refractivity contribution in [3.05, 3.63) is 29.8 Å². The molecule has 20 heavy (non-hydrogen) atoms. The standard InChI is InChI=1S/C14H19N3O2S/c1-2-17(13-6-8-16-9-7-13)20(18,19)14-5-3-4-12(10-14)11-15/h3-5,10,13,16H,2,6-9H2,1H3. The third-order valence-electron chi connectivity index (χ3n) is 3.60. The van der Waals surface area contributed by atoms with Crippen molar-refractivity contribution in [2.24, 2.45) is 0 Å². The number of piperidine rings is 1. The average Bonchev–Trinajstić information content (AvgIpc) is 2.49. The molecule has 1 fully saturated rings. The van der Waals surface area contributed by atoms with Crippen molar-refractivity contribution in [2.75, 3.05) is 19.6 Å². The van der Waals surface area contributed by atoms with Crippen molar-refractivity contribution in [2.45, 2.75) is 30.7 Å². The van der Waals surface area contributed by atoms with Crippen molar-refractivity contribution in [3.8, 4) is 6.07 Å². The number of benzene rings is 1. The SMILES string of the molecule is CCN(C1CCNCC1)S(=O)(=O)c1cccc(C#N)c1. The second-order valence-corrected chi connectivity index (χ2v) is 6.72. The largest absolute Gasteiger partial charge is 0.317 e. The maximum absolute atomic E-state index is 12.7. The van der Waals surface area contributed by atoms with Crippen molar-refractivity contribution >= 4 is 10.0 Å². The van der Waals surface area contributed by atoms with Gasteiger partial charge >= 0.3 is 0 Å². The Bertz CT molecular complexity index is 601. The number of hydrogen-bond acceptors (Lipinski definition) is 4. The molecule has 5 nitrogen and oxygen atoms in total. The predicted octanol–water partition coefficient (Wildman–Crippen LogP) is 1.32. The highest BCUT2D eigenvalue weighted by molar-refractivity contribution is 7.89. The first kappa shape index (κ1) is 15.0. The highest BCUT2D eigenvalue weighted by Gasteiger charge is 2.31. The summed E-state index contributed by atoms with van der Waals surface area (Å²) in [7, 11) is -3.53. The molecule has 0 amide bonds. The van der Waals surface area contributed by atoms with Gasteiger partial charge in [-0.2, -0.15) is 9.57 Å².